The van der Waals surface area contributed by atoms with Crippen LogP contribution in [-0.4, -0.2) is 23.4 Å². The summed E-state index contributed by atoms with van der Waals surface area (Å²) in [7, 11) is 1.79. The zero-order valence-electron chi connectivity index (χ0n) is 18.9. The minimum Gasteiger partial charge on any atom is -0.373 e. The molecule has 0 radical (unpaired) electrons. The average molecular weight is 467 g/mol. The number of amides is 1. The van der Waals surface area contributed by atoms with Gasteiger partial charge < -0.3 is 16.0 Å². The van der Waals surface area contributed by atoms with Crippen LogP contribution in [0.2, 0.25) is 0 Å². The maximum Gasteiger partial charge on any atom is 0.433 e. The van der Waals surface area contributed by atoms with Crippen molar-refractivity contribution in [2.24, 2.45) is 0 Å². The first-order valence-corrected chi connectivity index (χ1v) is 10.3. The van der Waals surface area contributed by atoms with Gasteiger partial charge in [0.1, 0.15) is 11.5 Å². The molecule has 176 valence electrons. The van der Waals surface area contributed by atoms with E-state index in [-0.39, 0.29) is 0 Å². The lowest BCUT2D eigenvalue weighted by Gasteiger charge is -2.14. The second-order valence-corrected chi connectivity index (χ2v) is 7.48. The molecule has 0 atom stereocenters. The molecule has 3 rings (SSSR count). The van der Waals surface area contributed by atoms with Crippen molar-refractivity contribution in [2.45, 2.75) is 20.0 Å². The van der Waals surface area contributed by atoms with Gasteiger partial charge in [-0.2, -0.15) is 13.2 Å². The number of nitrogens with zero attached hydrogens (tertiary/aromatic N) is 2. The van der Waals surface area contributed by atoms with E-state index in [4.69, 9.17) is 0 Å². The number of carbonyl (C=O) groups excluding carboxylic acids is 1. The predicted molar refractivity (Wildman–Crippen MR) is 128 cm³/mol. The number of benzene rings is 1. The molecule has 0 saturated heterocycles. The molecule has 3 N–H and O–H groups in total. The fourth-order valence-corrected chi connectivity index (χ4v) is 3.26. The highest BCUT2D eigenvalue weighted by atomic mass is 19.4. The van der Waals surface area contributed by atoms with Gasteiger partial charge >= 0.3 is 6.18 Å². The quantitative estimate of drug-likeness (QED) is 0.289. The zero-order chi connectivity index (χ0) is 24.7. The van der Waals surface area contributed by atoms with Crippen LogP contribution >= 0.6 is 0 Å². The van der Waals surface area contributed by atoms with E-state index >= 15 is 0 Å². The molecule has 6 nitrogen and oxygen atoms in total. The molecule has 1 amide bonds. The standard InChI is InChI=1S/C25H24F3N5O/c1-16-4-5-20(33-21-6-7-23(32-14-21)25(26,27)28)12-22(16)19(13-30-15-34)10-17(2)18-8-9-31-24(11-18)29-3/h4-15,33H,1-3H3,(H,29,31)(H,30,34)/b17-10+,19-13+. The molecule has 0 aliphatic rings. The van der Waals surface area contributed by atoms with Crippen LogP contribution in [0.4, 0.5) is 30.4 Å². The largest absolute Gasteiger partial charge is 0.433 e. The number of pyridine rings is 2. The number of rotatable bonds is 8. The van der Waals surface area contributed by atoms with Crippen LogP contribution in [0.1, 0.15) is 29.3 Å². The van der Waals surface area contributed by atoms with Crippen molar-refractivity contribution in [2.75, 3.05) is 17.7 Å². The van der Waals surface area contributed by atoms with Crippen LogP contribution in [0, 0.1) is 6.92 Å². The third kappa shape index (κ3) is 6.22. The first-order chi connectivity index (χ1) is 16.2. The second kappa shape index (κ2) is 10.7. The van der Waals surface area contributed by atoms with Crippen LogP contribution in [-0.2, 0) is 11.0 Å². The maximum atomic E-state index is 12.8. The highest BCUT2D eigenvalue weighted by Gasteiger charge is 2.32. The lowest BCUT2D eigenvalue weighted by molar-refractivity contribution is -0.141. The van der Waals surface area contributed by atoms with Gasteiger partial charge in [-0.15, -0.1) is 0 Å². The van der Waals surface area contributed by atoms with E-state index in [1.54, 1.807) is 19.4 Å². The third-order valence-corrected chi connectivity index (χ3v) is 5.04. The van der Waals surface area contributed by atoms with E-state index in [1.807, 2.05) is 50.3 Å². The van der Waals surface area contributed by atoms with E-state index in [9.17, 15) is 18.0 Å². The summed E-state index contributed by atoms with van der Waals surface area (Å²) in [6.45, 7) is 3.89. The van der Waals surface area contributed by atoms with Crippen molar-refractivity contribution in [3.8, 4) is 0 Å². The van der Waals surface area contributed by atoms with E-state index in [2.05, 4.69) is 25.9 Å². The molecule has 0 saturated carbocycles. The molecular weight excluding hydrogens is 443 g/mol. The topological polar surface area (TPSA) is 78.9 Å². The van der Waals surface area contributed by atoms with Gasteiger partial charge in [0.15, 0.2) is 0 Å². The molecule has 34 heavy (non-hydrogen) atoms. The normalized spacial score (nSPS) is 12.3. The van der Waals surface area contributed by atoms with Crippen LogP contribution in [0.3, 0.4) is 0 Å². The van der Waals surface area contributed by atoms with E-state index < -0.39 is 11.9 Å². The highest BCUT2D eigenvalue weighted by Crippen LogP contribution is 2.30. The van der Waals surface area contributed by atoms with Crippen molar-refractivity contribution in [1.82, 2.24) is 15.3 Å². The molecule has 0 aliphatic carbocycles. The molecule has 3 aromatic rings. The maximum absolute atomic E-state index is 12.8. The van der Waals surface area contributed by atoms with E-state index in [0.717, 1.165) is 45.9 Å². The summed E-state index contributed by atoms with van der Waals surface area (Å²) in [5.74, 6) is 0.731. The van der Waals surface area contributed by atoms with Gasteiger partial charge in [-0.3, -0.25) is 4.79 Å². The summed E-state index contributed by atoms with van der Waals surface area (Å²) in [5, 5.41) is 8.68. The minimum atomic E-state index is -4.49. The van der Waals surface area contributed by atoms with Crippen LogP contribution in [0.15, 0.2) is 67.1 Å². The van der Waals surface area contributed by atoms with Gasteiger partial charge in [-0.1, -0.05) is 6.07 Å². The predicted octanol–water partition coefficient (Wildman–Crippen LogP) is 5.78. The monoisotopic (exact) mass is 467 g/mol. The molecule has 0 unspecified atom stereocenters. The van der Waals surface area contributed by atoms with Crippen molar-refractivity contribution >= 4 is 34.7 Å². The van der Waals surface area contributed by atoms with Gasteiger partial charge in [0.25, 0.3) is 0 Å². The smallest absolute Gasteiger partial charge is 0.373 e. The van der Waals surface area contributed by atoms with Crippen molar-refractivity contribution in [1.29, 1.82) is 0 Å². The number of aromatic nitrogens is 2. The van der Waals surface area contributed by atoms with Gasteiger partial charge in [0.2, 0.25) is 6.41 Å². The molecule has 9 heteroatoms. The Morgan fingerprint density at radius 2 is 1.79 bits per heavy atom. The number of halogens is 3. The summed E-state index contributed by atoms with van der Waals surface area (Å²) in [6.07, 6.45) is 2.48. The zero-order valence-corrected chi connectivity index (χ0v) is 18.9. The molecule has 2 aromatic heterocycles. The lowest BCUT2D eigenvalue weighted by atomic mass is 9.97. The second-order valence-electron chi connectivity index (χ2n) is 7.48. The van der Waals surface area contributed by atoms with Crippen molar-refractivity contribution < 1.29 is 18.0 Å². The van der Waals surface area contributed by atoms with E-state index in [1.165, 1.54) is 6.07 Å². The van der Waals surface area contributed by atoms with Gasteiger partial charge in [0.05, 0.1) is 11.9 Å². The minimum absolute atomic E-state index is 0.419. The molecule has 0 aliphatic heterocycles. The Hall–Kier alpha value is -4.14. The summed E-state index contributed by atoms with van der Waals surface area (Å²) >= 11 is 0. The number of allylic oxidation sites excluding steroid dienone is 3. The number of carbonyl (C=O) groups is 1. The summed E-state index contributed by atoms with van der Waals surface area (Å²) in [5.41, 5.74) is 4.56. The number of hydrogen-bond donors (Lipinski definition) is 3. The molecule has 2 heterocycles. The Morgan fingerprint density at radius 3 is 2.44 bits per heavy atom. The van der Waals surface area contributed by atoms with Crippen LogP contribution < -0.4 is 16.0 Å². The van der Waals surface area contributed by atoms with Crippen LogP contribution in [0.5, 0.6) is 0 Å². The first-order valence-electron chi connectivity index (χ1n) is 10.3. The molecular formula is C25H24F3N5O. The first kappa shape index (κ1) is 24.5. The Kier molecular flexibility index (Phi) is 7.68. The SMILES string of the molecule is CNc1cc(/C(C)=C/C(=C\NC=O)c2cc(Nc3ccc(C(F)(F)F)nc3)ccc2C)ccn1. The third-order valence-electron chi connectivity index (χ3n) is 5.04. The molecule has 0 bridgehead atoms. The van der Waals surface area contributed by atoms with Gasteiger partial charge in [0, 0.05) is 25.1 Å². The highest BCUT2D eigenvalue weighted by molar-refractivity contribution is 5.86. The number of hydrogen-bond acceptors (Lipinski definition) is 5. The molecule has 1 aromatic carbocycles. The Morgan fingerprint density at radius 1 is 1.03 bits per heavy atom. The number of alkyl halides is 3. The molecule has 0 spiro atoms. The fourth-order valence-electron chi connectivity index (χ4n) is 3.26. The summed E-state index contributed by atoms with van der Waals surface area (Å²) in [6, 6.07) is 11.6. The summed E-state index contributed by atoms with van der Waals surface area (Å²) < 4.78 is 38.3. The number of nitrogens with one attached hydrogen (secondary N) is 3. The Labute approximate surface area is 195 Å². The van der Waals surface area contributed by atoms with E-state index in [0.29, 0.717) is 17.8 Å². The average Bonchev–Trinajstić information content (AvgIpc) is 2.82. The van der Waals surface area contributed by atoms with Gasteiger partial charge in [-0.05, 0) is 84.2 Å². The lowest BCUT2D eigenvalue weighted by Crippen LogP contribution is -2.07. The van der Waals surface area contributed by atoms with Crippen molar-refractivity contribution in [3.05, 3.63) is 89.5 Å². The Balaban J connectivity index is 1.94. The molecule has 0 fully saturated rings. The fraction of sp³-hybridized carbons (Fsp3) is 0.160. The van der Waals surface area contributed by atoms with Crippen molar-refractivity contribution in [3.63, 3.8) is 0 Å². The number of anilines is 3. The van der Waals surface area contributed by atoms with Crippen LogP contribution in [0.25, 0.3) is 11.1 Å². The Bertz CT molecular complexity index is 1220. The van der Waals surface area contributed by atoms with Gasteiger partial charge in [-0.25, -0.2) is 9.97 Å². The summed E-state index contributed by atoms with van der Waals surface area (Å²) in [4.78, 5) is 18.7. The number of aryl methyl sites for hydroxylation is 1.